The summed E-state index contributed by atoms with van der Waals surface area (Å²) >= 11 is 0. The molecule has 1 N–H and O–H groups in total. The molecule has 1 rings (SSSR count). The Morgan fingerprint density at radius 1 is 1.33 bits per heavy atom. The number of hydrogen-bond acceptors (Lipinski definition) is 2. The smallest absolute Gasteiger partial charge is 0.305 e. The number of rotatable bonds is 4. The van der Waals surface area contributed by atoms with Crippen molar-refractivity contribution in [2.24, 2.45) is 0 Å². The normalized spacial score (nSPS) is 11.1. The van der Waals surface area contributed by atoms with Gasteiger partial charge in [0.1, 0.15) is 0 Å². The van der Waals surface area contributed by atoms with E-state index >= 15 is 0 Å². The fourth-order valence-electron chi connectivity index (χ4n) is 1.49. The SMILES string of the molecule is CN(c1ccccc1)C(C)(C)CC(=O)O. The number of nitrogens with zero attached hydrogens (tertiary/aromatic N) is 1. The second kappa shape index (κ2) is 4.34. The topological polar surface area (TPSA) is 40.5 Å². The van der Waals surface area contributed by atoms with Crippen LogP contribution in [0.4, 0.5) is 5.69 Å². The molecular weight excluding hydrogens is 190 g/mol. The monoisotopic (exact) mass is 207 g/mol. The molecule has 3 nitrogen and oxygen atoms in total. The third-order valence-corrected chi connectivity index (χ3v) is 2.64. The van der Waals surface area contributed by atoms with Crippen LogP contribution in [0.3, 0.4) is 0 Å². The summed E-state index contributed by atoms with van der Waals surface area (Å²) in [7, 11) is 1.91. The number of benzene rings is 1. The molecule has 0 aromatic heterocycles. The Hall–Kier alpha value is -1.51. The first-order chi connectivity index (χ1) is 6.93. The zero-order valence-corrected chi connectivity index (χ0v) is 9.40. The summed E-state index contributed by atoms with van der Waals surface area (Å²) in [4.78, 5) is 12.7. The van der Waals surface area contributed by atoms with Crippen LogP contribution in [0.5, 0.6) is 0 Å². The predicted molar refractivity (Wildman–Crippen MR) is 61.2 cm³/mol. The Morgan fingerprint density at radius 2 is 1.87 bits per heavy atom. The molecule has 0 aliphatic rings. The Kier molecular flexibility index (Phi) is 3.35. The van der Waals surface area contributed by atoms with Gasteiger partial charge in [0.15, 0.2) is 0 Å². The number of para-hydroxylation sites is 1. The molecule has 0 saturated carbocycles. The summed E-state index contributed by atoms with van der Waals surface area (Å²) < 4.78 is 0. The standard InChI is InChI=1S/C12H17NO2/c1-12(2,9-11(14)15)13(3)10-7-5-4-6-8-10/h4-8H,9H2,1-3H3,(H,14,15). The molecule has 0 aliphatic carbocycles. The molecule has 0 saturated heterocycles. The van der Waals surface area contributed by atoms with Crippen LogP contribution in [0, 0.1) is 0 Å². The Labute approximate surface area is 90.3 Å². The molecule has 82 valence electrons. The van der Waals surface area contributed by atoms with Crippen LogP contribution >= 0.6 is 0 Å². The van der Waals surface area contributed by atoms with Crippen LogP contribution in [0.1, 0.15) is 20.3 Å². The number of carboxylic acids is 1. The number of carboxylic acid groups (broad SMARTS) is 1. The number of hydrogen-bond donors (Lipinski definition) is 1. The Morgan fingerprint density at radius 3 is 2.33 bits per heavy atom. The van der Waals surface area contributed by atoms with Crippen LogP contribution < -0.4 is 4.90 Å². The summed E-state index contributed by atoms with van der Waals surface area (Å²) in [6.45, 7) is 3.85. The summed E-state index contributed by atoms with van der Waals surface area (Å²) in [5.74, 6) is -0.775. The number of aliphatic carboxylic acids is 1. The third kappa shape index (κ3) is 2.98. The van der Waals surface area contributed by atoms with Gasteiger partial charge in [-0.2, -0.15) is 0 Å². The second-order valence-electron chi connectivity index (χ2n) is 4.28. The lowest BCUT2D eigenvalue weighted by Gasteiger charge is -2.36. The van der Waals surface area contributed by atoms with Crippen LogP contribution in [-0.4, -0.2) is 23.7 Å². The summed E-state index contributed by atoms with van der Waals surface area (Å²) in [6.07, 6.45) is 0.123. The Bertz CT molecular complexity index is 333. The first-order valence-electron chi connectivity index (χ1n) is 4.94. The highest BCUT2D eigenvalue weighted by Crippen LogP contribution is 2.24. The van der Waals surface area contributed by atoms with Crippen molar-refractivity contribution in [2.45, 2.75) is 25.8 Å². The quantitative estimate of drug-likeness (QED) is 0.824. The predicted octanol–water partition coefficient (Wildman–Crippen LogP) is 2.38. The first kappa shape index (κ1) is 11.6. The van der Waals surface area contributed by atoms with Crippen LogP contribution in [0.2, 0.25) is 0 Å². The van der Waals surface area contributed by atoms with Crippen molar-refractivity contribution in [1.82, 2.24) is 0 Å². The fraction of sp³-hybridized carbons (Fsp3) is 0.417. The van der Waals surface area contributed by atoms with Gasteiger partial charge in [0, 0.05) is 18.3 Å². The third-order valence-electron chi connectivity index (χ3n) is 2.64. The molecular formula is C12H17NO2. The zero-order valence-electron chi connectivity index (χ0n) is 9.40. The minimum absolute atomic E-state index is 0.123. The minimum Gasteiger partial charge on any atom is -0.481 e. The molecule has 15 heavy (non-hydrogen) atoms. The van der Waals surface area contributed by atoms with Crippen molar-refractivity contribution in [2.75, 3.05) is 11.9 Å². The van der Waals surface area contributed by atoms with Gasteiger partial charge < -0.3 is 10.0 Å². The lowest BCUT2D eigenvalue weighted by atomic mass is 9.98. The van der Waals surface area contributed by atoms with Gasteiger partial charge in [-0.05, 0) is 26.0 Å². The molecule has 0 bridgehead atoms. The van der Waals surface area contributed by atoms with Crippen molar-refractivity contribution in [3.05, 3.63) is 30.3 Å². The van der Waals surface area contributed by atoms with E-state index in [-0.39, 0.29) is 12.0 Å². The molecule has 0 spiro atoms. The van der Waals surface area contributed by atoms with E-state index in [1.54, 1.807) is 0 Å². The van der Waals surface area contributed by atoms with Gasteiger partial charge in [0.2, 0.25) is 0 Å². The van der Waals surface area contributed by atoms with Gasteiger partial charge in [-0.1, -0.05) is 18.2 Å². The van der Waals surface area contributed by atoms with Crippen molar-refractivity contribution in [3.63, 3.8) is 0 Å². The lowest BCUT2D eigenvalue weighted by Crippen LogP contribution is -2.42. The maximum atomic E-state index is 10.7. The number of anilines is 1. The van der Waals surface area contributed by atoms with Crippen molar-refractivity contribution in [1.29, 1.82) is 0 Å². The largest absolute Gasteiger partial charge is 0.481 e. The molecule has 1 aromatic rings. The second-order valence-corrected chi connectivity index (χ2v) is 4.28. The van der Waals surface area contributed by atoms with E-state index in [1.165, 1.54) is 0 Å². The molecule has 0 amide bonds. The van der Waals surface area contributed by atoms with Gasteiger partial charge in [0.25, 0.3) is 0 Å². The molecule has 0 unspecified atom stereocenters. The average molecular weight is 207 g/mol. The van der Waals surface area contributed by atoms with E-state index in [0.717, 1.165) is 5.69 Å². The van der Waals surface area contributed by atoms with E-state index in [0.29, 0.717) is 0 Å². The van der Waals surface area contributed by atoms with E-state index in [1.807, 2.05) is 56.1 Å². The van der Waals surface area contributed by atoms with Crippen molar-refractivity contribution >= 4 is 11.7 Å². The maximum absolute atomic E-state index is 10.7. The molecule has 0 fully saturated rings. The maximum Gasteiger partial charge on any atom is 0.305 e. The van der Waals surface area contributed by atoms with E-state index in [2.05, 4.69) is 0 Å². The average Bonchev–Trinajstić information content (AvgIpc) is 2.16. The van der Waals surface area contributed by atoms with Crippen molar-refractivity contribution < 1.29 is 9.90 Å². The van der Waals surface area contributed by atoms with Gasteiger partial charge in [-0.15, -0.1) is 0 Å². The van der Waals surface area contributed by atoms with Crippen LogP contribution in [0.25, 0.3) is 0 Å². The molecule has 0 heterocycles. The lowest BCUT2D eigenvalue weighted by molar-refractivity contribution is -0.138. The molecule has 1 aromatic carbocycles. The van der Waals surface area contributed by atoms with Gasteiger partial charge in [-0.25, -0.2) is 0 Å². The van der Waals surface area contributed by atoms with E-state index in [9.17, 15) is 4.79 Å². The van der Waals surface area contributed by atoms with Crippen LogP contribution in [-0.2, 0) is 4.79 Å². The summed E-state index contributed by atoms with van der Waals surface area (Å²) in [6, 6.07) is 9.79. The van der Waals surface area contributed by atoms with Gasteiger partial charge >= 0.3 is 5.97 Å². The Balaban J connectivity index is 2.84. The summed E-state index contributed by atoms with van der Waals surface area (Å²) in [5, 5.41) is 8.82. The zero-order chi connectivity index (χ0) is 11.5. The molecule has 3 heteroatoms. The minimum atomic E-state index is -0.775. The van der Waals surface area contributed by atoms with Gasteiger partial charge in [-0.3, -0.25) is 4.79 Å². The number of carbonyl (C=O) groups is 1. The molecule has 0 radical (unpaired) electrons. The van der Waals surface area contributed by atoms with Crippen LogP contribution in [0.15, 0.2) is 30.3 Å². The highest BCUT2D eigenvalue weighted by Gasteiger charge is 2.26. The first-order valence-corrected chi connectivity index (χ1v) is 4.94. The highest BCUT2D eigenvalue weighted by molar-refractivity contribution is 5.69. The highest BCUT2D eigenvalue weighted by atomic mass is 16.4. The van der Waals surface area contributed by atoms with Gasteiger partial charge in [0.05, 0.1) is 6.42 Å². The fourth-order valence-corrected chi connectivity index (χ4v) is 1.49. The summed E-state index contributed by atoms with van der Waals surface area (Å²) in [5.41, 5.74) is 0.649. The van der Waals surface area contributed by atoms with E-state index < -0.39 is 5.97 Å². The molecule has 0 atom stereocenters. The van der Waals surface area contributed by atoms with Crippen molar-refractivity contribution in [3.8, 4) is 0 Å². The van der Waals surface area contributed by atoms with E-state index in [4.69, 9.17) is 5.11 Å². The molecule has 0 aliphatic heterocycles.